The van der Waals surface area contributed by atoms with Crippen LogP contribution >= 0.6 is 11.6 Å². The molecule has 2 aromatic rings. The van der Waals surface area contributed by atoms with Crippen LogP contribution in [-0.2, 0) is 22.3 Å². The molecule has 0 aliphatic heterocycles. The van der Waals surface area contributed by atoms with Crippen molar-refractivity contribution in [2.24, 2.45) is 5.41 Å². The maximum atomic E-state index is 12.6. The lowest BCUT2D eigenvalue weighted by atomic mass is 10.0. The zero-order valence-electron chi connectivity index (χ0n) is 14.1. The van der Waals surface area contributed by atoms with Crippen molar-refractivity contribution in [1.82, 2.24) is 5.32 Å². The van der Waals surface area contributed by atoms with E-state index in [1.165, 1.54) is 12.1 Å². The van der Waals surface area contributed by atoms with E-state index >= 15 is 0 Å². The van der Waals surface area contributed by atoms with Crippen molar-refractivity contribution < 1.29 is 22.8 Å². The number of rotatable bonds is 5. The number of anilines is 1. The summed E-state index contributed by atoms with van der Waals surface area (Å²) in [4.78, 5) is 24.9. The smallest absolute Gasteiger partial charge is 0.351 e. The van der Waals surface area contributed by atoms with Crippen molar-refractivity contribution >= 4 is 29.1 Å². The largest absolute Gasteiger partial charge is 0.416 e. The standard InChI is InChI=1S/C19H16ClF3N2O2/c20-15-4-2-1-3-12(15)11-24-16(26)18(9-10-18)17(27)25-14-7-5-13(6-8-14)19(21,22)23/h1-8H,9-11H2,(H,24,26)(H,25,27). The Bertz CT molecular complexity index is 862. The van der Waals surface area contributed by atoms with E-state index in [1.807, 2.05) is 0 Å². The van der Waals surface area contributed by atoms with Crippen LogP contribution in [0.3, 0.4) is 0 Å². The molecule has 0 bridgehead atoms. The van der Waals surface area contributed by atoms with Crippen LogP contribution in [0.4, 0.5) is 18.9 Å². The summed E-state index contributed by atoms with van der Waals surface area (Å²) < 4.78 is 37.8. The molecule has 2 N–H and O–H groups in total. The third-order valence-corrected chi connectivity index (χ3v) is 4.86. The second-order valence-corrected chi connectivity index (χ2v) is 6.79. The topological polar surface area (TPSA) is 58.2 Å². The van der Waals surface area contributed by atoms with Gasteiger partial charge in [0.2, 0.25) is 11.8 Å². The van der Waals surface area contributed by atoms with E-state index in [2.05, 4.69) is 10.6 Å². The summed E-state index contributed by atoms with van der Waals surface area (Å²) in [5, 5.41) is 5.74. The molecule has 0 atom stereocenters. The van der Waals surface area contributed by atoms with Gasteiger partial charge in [0.15, 0.2) is 0 Å². The second kappa shape index (κ2) is 7.23. The second-order valence-electron chi connectivity index (χ2n) is 6.39. The van der Waals surface area contributed by atoms with Gasteiger partial charge in [-0.25, -0.2) is 0 Å². The van der Waals surface area contributed by atoms with E-state index < -0.39 is 29.0 Å². The summed E-state index contributed by atoms with van der Waals surface area (Å²) >= 11 is 6.04. The number of carbonyl (C=O) groups excluding carboxylic acids is 2. The number of hydrogen-bond donors (Lipinski definition) is 2. The molecule has 1 saturated carbocycles. The van der Waals surface area contributed by atoms with Gasteiger partial charge < -0.3 is 10.6 Å². The highest BCUT2D eigenvalue weighted by molar-refractivity contribution is 6.31. The molecule has 0 aromatic heterocycles. The first-order valence-electron chi connectivity index (χ1n) is 8.23. The van der Waals surface area contributed by atoms with Gasteiger partial charge in [-0.1, -0.05) is 29.8 Å². The number of benzene rings is 2. The molecule has 0 unspecified atom stereocenters. The Labute approximate surface area is 158 Å². The molecule has 8 heteroatoms. The average molecular weight is 397 g/mol. The van der Waals surface area contributed by atoms with Gasteiger partial charge in [0.1, 0.15) is 5.41 Å². The molecule has 0 heterocycles. The van der Waals surface area contributed by atoms with Crippen LogP contribution < -0.4 is 10.6 Å². The maximum Gasteiger partial charge on any atom is 0.416 e. The lowest BCUT2D eigenvalue weighted by Crippen LogP contribution is -2.39. The number of halogens is 4. The number of alkyl halides is 3. The fourth-order valence-corrected chi connectivity index (χ4v) is 2.86. The van der Waals surface area contributed by atoms with E-state index in [0.717, 1.165) is 17.7 Å². The fraction of sp³-hybridized carbons (Fsp3) is 0.263. The van der Waals surface area contributed by atoms with Crippen LogP contribution in [0, 0.1) is 5.41 Å². The Balaban J connectivity index is 1.62. The molecule has 1 aliphatic carbocycles. The summed E-state index contributed by atoms with van der Waals surface area (Å²) in [6.07, 6.45) is -3.68. The molecule has 142 valence electrons. The third kappa shape index (κ3) is 4.24. The maximum absolute atomic E-state index is 12.6. The van der Waals surface area contributed by atoms with Crippen molar-refractivity contribution in [2.75, 3.05) is 5.32 Å². The molecule has 0 saturated heterocycles. The van der Waals surface area contributed by atoms with Gasteiger partial charge in [-0.05, 0) is 48.7 Å². The van der Waals surface area contributed by atoms with E-state index in [4.69, 9.17) is 11.6 Å². The van der Waals surface area contributed by atoms with Crippen LogP contribution in [0.5, 0.6) is 0 Å². The Morgan fingerprint density at radius 1 is 1.00 bits per heavy atom. The summed E-state index contributed by atoms with van der Waals surface area (Å²) in [5.41, 5.74) is -1.06. The van der Waals surface area contributed by atoms with Crippen LogP contribution in [0.25, 0.3) is 0 Å². The van der Waals surface area contributed by atoms with E-state index in [-0.39, 0.29) is 12.2 Å². The SMILES string of the molecule is O=C(NCc1ccccc1Cl)C1(C(=O)Nc2ccc(C(F)(F)F)cc2)CC1. The normalized spacial score (nSPS) is 15.1. The van der Waals surface area contributed by atoms with Gasteiger partial charge in [-0.2, -0.15) is 13.2 Å². The molecular formula is C19H16ClF3N2O2. The van der Waals surface area contributed by atoms with Crippen LogP contribution in [0.1, 0.15) is 24.0 Å². The molecule has 2 aromatic carbocycles. The molecule has 2 amide bonds. The van der Waals surface area contributed by atoms with Gasteiger partial charge >= 0.3 is 6.18 Å². The Morgan fingerprint density at radius 2 is 1.63 bits per heavy atom. The minimum absolute atomic E-state index is 0.188. The Kier molecular flexibility index (Phi) is 5.15. The number of hydrogen-bond acceptors (Lipinski definition) is 2. The molecule has 1 fully saturated rings. The van der Waals surface area contributed by atoms with Crippen molar-refractivity contribution in [2.45, 2.75) is 25.6 Å². The predicted octanol–water partition coefficient (Wildman–Crippen LogP) is 4.39. The lowest BCUT2D eigenvalue weighted by molar-refractivity contribution is -0.137. The van der Waals surface area contributed by atoms with Crippen LogP contribution in [0.2, 0.25) is 5.02 Å². The van der Waals surface area contributed by atoms with Crippen molar-refractivity contribution in [3.05, 3.63) is 64.7 Å². The molecule has 27 heavy (non-hydrogen) atoms. The van der Waals surface area contributed by atoms with E-state index in [0.29, 0.717) is 17.9 Å². The quantitative estimate of drug-likeness (QED) is 0.736. The number of amides is 2. The summed E-state index contributed by atoms with van der Waals surface area (Å²) in [7, 11) is 0. The summed E-state index contributed by atoms with van der Waals surface area (Å²) in [6.45, 7) is 0.188. The summed E-state index contributed by atoms with van der Waals surface area (Å²) in [5.74, 6) is -0.953. The molecule has 3 rings (SSSR count). The van der Waals surface area contributed by atoms with E-state index in [9.17, 15) is 22.8 Å². The van der Waals surface area contributed by atoms with Crippen LogP contribution in [-0.4, -0.2) is 11.8 Å². The van der Waals surface area contributed by atoms with E-state index in [1.54, 1.807) is 24.3 Å². The van der Waals surface area contributed by atoms with Crippen molar-refractivity contribution in [3.8, 4) is 0 Å². The summed E-state index contributed by atoms with van der Waals surface area (Å²) in [6, 6.07) is 11.1. The Hall–Kier alpha value is -2.54. The number of nitrogens with one attached hydrogen (secondary N) is 2. The van der Waals surface area contributed by atoms with Crippen molar-refractivity contribution in [3.63, 3.8) is 0 Å². The van der Waals surface area contributed by atoms with Gasteiger partial charge in [0, 0.05) is 17.3 Å². The zero-order valence-corrected chi connectivity index (χ0v) is 14.8. The van der Waals surface area contributed by atoms with Crippen molar-refractivity contribution in [1.29, 1.82) is 0 Å². The highest BCUT2D eigenvalue weighted by Crippen LogP contribution is 2.47. The minimum Gasteiger partial charge on any atom is -0.351 e. The average Bonchev–Trinajstić information content (AvgIpc) is 3.42. The van der Waals surface area contributed by atoms with Gasteiger partial charge in [0.25, 0.3) is 0 Å². The number of carbonyl (C=O) groups is 2. The molecule has 1 aliphatic rings. The first-order valence-corrected chi connectivity index (χ1v) is 8.61. The minimum atomic E-state index is -4.45. The first-order chi connectivity index (χ1) is 12.7. The molecule has 0 spiro atoms. The van der Waals surface area contributed by atoms with Crippen LogP contribution in [0.15, 0.2) is 48.5 Å². The lowest BCUT2D eigenvalue weighted by Gasteiger charge is -2.16. The third-order valence-electron chi connectivity index (χ3n) is 4.49. The zero-order chi connectivity index (χ0) is 19.7. The first kappa shape index (κ1) is 19.2. The molecular weight excluding hydrogens is 381 g/mol. The van der Waals surface area contributed by atoms with Gasteiger partial charge in [-0.3, -0.25) is 9.59 Å². The molecule has 4 nitrogen and oxygen atoms in total. The highest BCUT2D eigenvalue weighted by Gasteiger charge is 2.56. The van der Waals surface area contributed by atoms with Gasteiger partial charge in [-0.15, -0.1) is 0 Å². The fourth-order valence-electron chi connectivity index (χ4n) is 2.66. The molecule has 0 radical (unpaired) electrons. The monoisotopic (exact) mass is 396 g/mol. The Morgan fingerprint density at radius 3 is 2.19 bits per heavy atom. The highest BCUT2D eigenvalue weighted by atomic mass is 35.5. The van der Waals surface area contributed by atoms with Gasteiger partial charge in [0.05, 0.1) is 5.56 Å². The predicted molar refractivity (Wildman–Crippen MR) is 95.0 cm³/mol.